The standard InChI is InChI=1S/C14H17ClN2/c1-9-13(8-11-3-2-6-16-11)12-5-4-10(15)7-14(12)17-9/h4-5,7,11,16-17H,2-3,6,8H2,1H3. The quantitative estimate of drug-likeness (QED) is 0.838. The van der Waals surface area contributed by atoms with E-state index in [0.29, 0.717) is 6.04 Å². The van der Waals surface area contributed by atoms with E-state index >= 15 is 0 Å². The summed E-state index contributed by atoms with van der Waals surface area (Å²) in [7, 11) is 0. The fourth-order valence-corrected chi connectivity index (χ4v) is 2.97. The van der Waals surface area contributed by atoms with Gasteiger partial charge in [-0.2, -0.15) is 0 Å². The Bertz CT molecular complexity index is 538. The van der Waals surface area contributed by atoms with Gasteiger partial charge in [-0.15, -0.1) is 0 Å². The Morgan fingerprint density at radius 3 is 3.06 bits per heavy atom. The van der Waals surface area contributed by atoms with Gasteiger partial charge in [-0.25, -0.2) is 0 Å². The molecular weight excluding hydrogens is 232 g/mol. The molecule has 0 amide bonds. The van der Waals surface area contributed by atoms with Gasteiger partial charge in [-0.1, -0.05) is 17.7 Å². The maximum absolute atomic E-state index is 6.02. The Kier molecular flexibility index (Phi) is 2.85. The molecule has 2 aromatic rings. The first-order valence-electron chi connectivity index (χ1n) is 6.24. The van der Waals surface area contributed by atoms with Gasteiger partial charge in [-0.3, -0.25) is 0 Å². The van der Waals surface area contributed by atoms with E-state index < -0.39 is 0 Å². The molecule has 1 aromatic carbocycles. The van der Waals surface area contributed by atoms with E-state index in [4.69, 9.17) is 11.6 Å². The van der Waals surface area contributed by atoms with Crippen LogP contribution >= 0.6 is 11.6 Å². The Morgan fingerprint density at radius 1 is 1.41 bits per heavy atom. The van der Waals surface area contributed by atoms with Gasteiger partial charge in [-0.05, 0) is 50.4 Å². The predicted molar refractivity (Wildman–Crippen MR) is 72.8 cm³/mol. The maximum Gasteiger partial charge on any atom is 0.0473 e. The lowest BCUT2D eigenvalue weighted by atomic mass is 10.0. The molecule has 1 aliphatic heterocycles. The van der Waals surface area contributed by atoms with E-state index in [1.165, 1.54) is 29.5 Å². The Morgan fingerprint density at radius 2 is 2.29 bits per heavy atom. The van der Waals surface area contributed by atoms with Crippen molar-refractivity contribution >= 4 is 22.5 Å². The van der Waals surface area contributed by atoms with Crippen molar-refractivity contribution in [2.75, 3.05) is 6.54 Å². The molecule has 1 aliphatic rings. The van der Waals surface area contributed by atoms with Crippen molar-refractivity contribution in [3.8, 4) is 0 Å². The highest BCUT2D eigenvalue weighted by atomic mass is 35.5. The summed E-state index contributed by atoms with van der Waals surface area (Å²) in [5.74, 6) is 0. The van der Waals surface area contributed by atoms with Crippen molar-refractivity contribution in [1.82, 2.24) is 10.3 Å². The summed E-state index contributed by atoms with van der Waals surface area (Å²) >= 11 is 6.02. The fourth-order valence-electron chi connectivity index (χ4n) is 2.80. The SMILES string of the molecule is Cc1[nH]c2cc(Cl)ccc2c1CC1CCCN1. The molecule has 2 heterocycles. The van der Waals surface area contributed by atoms with Gasteiger partial charge in [0.15, 0.2) is 0 Å². The monoisotopic (exact) mass is 248 g/mol. The summed E-state index contributed by atoms with van der Waals surface area (Å²) in [5.41, 5.74) is 3.87. The van der Waals surface area contributed by atoms with E-state index in [-0.39, 0.29) is 0 Å². The smallest absolute Gasteiger partial charge is 0.0473 e. The largest absolute Gasteiger partial charge is 0.358 e. The van der Waals surface area contributed by atoms with Crippen LogP contribution in [-0.4, -0.2) is 17.6 Å². The Balaban J connectivity index is 1.99. The van der Waals surface area contributed by atoms with Crippen molar-refractivity contribution in [1.29, 1.82) is 0 Å². The van der Waals surface area contributed by atoms with Gasteiger partial charge in [0.05, 0.1) is 0 Å². The number of nitrogens with one attached hydrogen (secondary N) is 2. The molecule has 0 saturated carbocycles. The molecule has 0 radical (unpaired) electrons. The van der Waals surface area contributed by atoms with Gasteiger partial charge < -0.3 is 10.3 Å². The number of rotatable bonds is 2. The second-order valence-electron chi connectivity index (χ2n) is 4.92. The van der Waals surface area contributed by atoms with Crippen molar-refractivity contribution < 1.29 is 0 Å². The number of aromatic amines is 1. The zero-order valence-corrected chi connectivity index (χ0v) is 10.8. The lowest BCUT2D eigenvalue weighted by Crippen LogP contribution is -2.23. The molecule has 0 aliphatic carbocycles. The summed E-state index contributed by atoms with van der Waals surface area (Å²) in [6.45, 7) is 3.32. The molecule has 1 unspecified atom stereocenters. The van der Waals surface area contributed by atoms with Gasteiger partial charge >= 0.3 is 0 Å². The lowest BCUT2D eigenvalue weighted by molar-refractivity contribution is 0.603. The van der Waals surface area contributed by atoms with Crippen LogP contribution in [-0.2, 0) is 6.42 Å². The lowest BCUT2D eigenvalue weighted by Gasteiger charge is -2.10. The molecule has 0 spiro atoms. The molecule has 1 saturated heterocycles. The minimum atomic E-state index is 0.642. The number of hydrogen-bond acceptors (Lipinski definition) is 1. The molecular formula is C14H17ClN2. The summed E-state index contributed by atoms with van der Waals surface area (Å²) in [4.78, 5) is 3.43. The van der Waals surface area contributed by atoms with Crippen LogP contribution in [0.2, 0.25) is 5.02 Å². The topological polar surface area (TPSA) is 27.8 Å². The second-order valence-corrected chi connectivity index (χ2v) is 5.35. The van der Waals surface area contributed by atoms with E-state index in [9.17, 15) is 0 Å². The number of H-pyrrole nitrogens is 1. The number of hydrogen-bond donors (Lipinski definition) is 2. The molecule has 1 atom stereocenters. The maximum atomic E-state index is 6.02. The van der Waals surface area contributed by atoms with Gasteiger partial charge in [0, 0.05) is 27.7 Å². The molecule has 90 valence electrons. The fraction of sp³-hybridized carbons (Fsp3) is 0.429. The first-order chi connectivity index (χ1) is 8.24. The predicted octanol–water partition coefficient (Wildman–Crippen LogP) is 3.42. The van der Waals surface area contributed by atoms with Crippen LogP contribution in [0.5, 0.6) is 0 Å². The van der Waals surface area contributed by atoms with Crippen molar-refractivity contribution in [2.45, 2.75) is 32.2 Å². The number of fused-ring (bicyclic) bond motifs is 1. The number of benzene rings is 1. The van der Waals surface area contributed by atoms with E-state index in [0.717, 1.165) is 23.5 Å². The molecule has 2 N–H and O–H groups in total. The minimum Gasteiger partial charge on any atom is -0.358 e. The van der Waals surface area contributed by atoms with Crippen molar-refractivity contribution in [2.24, 2.45) is 0 Å². The molecule has 1 fully saturated rings. The van der Waals surface area contributed by atoms with E-state index in [1.807, 2.05) is 12.1 Å². The average molecular weight is 249 g/mol. The summed E-state index contributed by atoms with van der Waals surface area (Å²) in [6, 6.07) is 6.76. The van der Waals surface area contributed by atoms with Crippen molar-refractivity contribution in [3.05, 3.63) is 34.5 Å². The van der Waals surface area contributed by atoms with Crippen LogP contribution in [0.4, 0.5) is 0 Å². The summed E-state index contributed by atoms with van der Waals surface area (Å²) in [5, 5.41) is 5.67. The molecule has 0 bridgehead atoms. The highest BCUT2D eigenvalue weighted by molar-refractivity contribution is 6.31. The highest BCUT2D eigenvalue weighted by Gasteiger charge is 2.18. The van der Waals surface area contributed by atoms with Gasteiger partial charge in [0.2, 0.25) is 0 Å². The number of halogens is 1. The molecule has 17 heavy (non-hydrogen) atoms. The average Bonchev–Trinajstić information content (AvgIpc) is 2.88. The highest BCUT2D eigenvalue weighted by Crippen LogP contribution is 2.27. The zero-order chi connectivity index (χ0) is 11.8. The first-order valence-corrected chi connectivity index (χ1v) is 6.62. The number of aromatic nitrogens is 1. The second kappa shape index (κ2) is 4.35. The van der Waals surface area contributed by atoms with E-state index in [1.54, 1.807) is 0 Å². The normalized spacial score (nSPS) is 20.2. The molecule has 2 nitrogen and oxygen atoms in total. The number of aryl methyl sites for hydroxylation is 1. The van der Waals surface area contributed by atoms with Crippen molar-refractivity contribution in [3.63, 3.8) is 0 Å². The van der Waals surface area contributed by atoms with Crippen LogP contribution in [0.3, 0.4) is 0 Å². The van der Waals surface area contributed by atoms with Crippen LogP contribution in [0.1, 0.15) is 24.1 Å². The third-order valence-electron chi connectivity index (χ3n) is 3.69. The van der Waals surface area contributed by atoms with Gasteiger partial charge in [0.1, 0.15) is 0 Å². The van der Waals surface area contributed by atoms with Gasteiger partial charge in [0.25, 0.3) is 0 Å². The molecule has 1 aromatic heterocycles. The zero-order valence-electron chi connectivity index (χ0n) is 10.0. The van der Waals surface area contributed by atoms with Crippen LogP contribution < -0.4 is 5.32 Å². The molecule has 3 heteroatoms. The van der Waals surface area contributed by atoms with E-state index in [2.05, 4.69) is 23.3 Å². The first kappa shape index (κ1) is 11.1. The van der Waals surface area contributed by atoms with Crippen LogP contribution in [0.15, 0.2) is 18.2 Å². The Hall–Kier alpha value is -0.990. The summed E-state index contributed by atoms with van der Waals surface area (Å²) in [6.07, 6.45) is 3.71. The van der Waals surface area contributed by atoms with Crippen LogP contribution in [0.25, 0.3) is 10.9 Å². The van der Waals surface area contributed by atoms with Crippen LogP contribution in [0, 0.1) is 6.92 Å². The third-order valence-corrected chi connectivity index (χ3v) is 3.93. The minimum absolute atomic E-state index is 0.642. The Labute approximate surface area is 106 Å². The summed E-state index contributed by atoms with van der Waals surface area (Å²) < 4.78 is 0. The third kappa shape index (κ3) is 2.07. The molecule has 3 rings (SSSR count).